The Balaban J connectivity index is 2.33. The zero-order valence-corrected chi connectivity index (χ0v) is 9.72. The van der Waals surface area contributed by atoms with Gasteiger partial charge in [-0.25, -0.2) is 4.98 Å². The highest BCUT2D eigenvalue weighted by atomic mass is 15.1. The van der Waals surface area contributed by atoms with Crippen LogP contribution in [0.5, 0.6) is 0 Å². The van der Waals surface area contributed by atoms with Crippen molar-refractivity contribution in [2.75, 3.05) is 0 Å². The lowest BCUT2D eigenvalue weighted by atomic mass is 10.2. The predicted molar refractivity (Wildman–Crippen MR) is 66.0 cm³/mol. The van der Waals surface area contributed by atoms with Crippen molar-refractivity contribution in [3.63, 3.8) is 0 Å². The molecule has 0 bridgehead atoms. The van der Waals surface area contributed by atoms with Gasteiger partial charge in [-0.2, -0.15) is 0 Å². The number of imidazole rings is 1. The van der Waals surface area contributed by atoms with Crippen molar-refractivity contribution in [1.29, 1.82) is 5.41 Å². The summed E-state index contributed by atoms with van der Waals surface area (Å²) in [6.07, 6.45) is 6.23. The third-order valence-corrected chi connectivity index (χ3v) is 2.61. The van der Waals surface area contributed by atoms with Crippen molar-refractivity contribution >= 4 is 5.84 Å². The molecule has 0 aliphatic rings. The minimum Gasteiger partial charge on any atom is -0.382 e. The highest BCUT2D eigenvalue weighted by molar-refractivity contribution is 5.94. The third-order valence-electron chi connectivity index (χ3n) is 2.61. The molecule has 0 radical (unpaired) electrons. The number of nitrogens with two attached hydrogens (primary N) is 1. The molecule has 0 aromatic carbocycles. The molecule has 0 spiro atoms. The van der Waals surface area contributed by atoms with E-state index < -0.39 is 0 Å². The van der Waals surface area contributed by atoms with Gasteiger partial charge in [-0.05, 0) is 6.07 Å². The molecule has 5 nitrogen and oxygen atoms in total. The first-order valence-electron chi connectivity index (χ1n) is 5.50. The fourth-order valence-corrected chi connectivity index (χ4v) is 1.79. The zero-order chi connectivity index (χ0) is 12.3. The van der Waals surface area contributed by atoms with E-state index >= 15 is 0 Å². The molecule has 0 fully saturated rings. The Labute approximate surface area is 99.8 Å². The number of hydrogen-bond donors (Lipinski definition) is 2. The summed E-state index contributed by atoms with van der Waals surface area (Å²) < 4.78 is 2.05. The number of aromatic nitrogens is 3. The predicted octanol–water partition coefficient (Wildman–Crippen LogP) is 1.17. The summed E-state index contributed by atoms with van der Waals surface area (Å²) in [6.45, 7) is 2.71. The molecule has 5 heteroatoms. The standard InChI is InChI=1S/C12H15N5/c1-2-10-15-6-7-17(10)8-9-4-3-5-16-11(9)12(13)14/h3-7H,2,8H2,1H3,(H3,13,14). The van der Waals surface area contributed by atoms with Crippen LogP contribution in [-0.2, 0) is 13.0 Å². The van der Waals surface area contributed by atoms with E-state index in [9.17, 15) is 0 Å². The summed E-state index contributed by atoms with van der Waals surface area (Å²) >= 11 is 0. The smallest absolute Gasteiger partial charge is 0.142 e. The van der Waals surface area contributed by atoms with E-state index in [-0.39, 0.29) is 5.84 Å². The number of hydrogen-bond acceptors (Lipinski definition) is 3. The summed E-state index contributed by atoms with van der Waals surface area (Å²) in [6, 6.07) is 3.79. The second-order valence-corrected chi connectivity index (χ2v) is 3.75. The van der Waals surface area contributed by atoms with Gasteiger partial charge >= 0.3 is 0 Å². The van der Waals surface area contributed by atoms with E-state index in [1.165, 1.54) is 0 Å². The minimum atomic E-state index is -0.00114. The third kappa shape index (κ3) is 2.33. The number of nitrogens with zero attached hydrogens (tertiary/aromatic N) is 3. The molecule has 0 aliphatic heterocycles. The summed E-state index contributed by atoms with van der Waals surface area (Å²) in [5.41, 5.74) is 6.99. The maximum Gasteiger partial charge on any atom is 0.142 e. The summed E-state index contributed by atoms with van der Waals surface area (Å²) in [4.78, 5) is 8.39. The van der Waals surface area contributed by atoms with Crippen molar-refractivity contribution < 1.29 is 0 Å². The molecule has 0 amide bonds. The van der Waals surface area contributed by atoms with E-state index in [1.54, 1.807) is 12.4 Å². The van der Waals surface area contributed by atoms with Crippen LogP contribution in [0.1, 0.15) is 24.0 Å². The van der Waals surface area contributed by atoms with E-state index in [0.717, 1.165) is 17.8 Å². The van der Waals surface area contributed by atoms with Gasteiger partial charge in [0.1, 0.15) is 17.4 Å². The second kappa shape index (κ2) is 4.78. The molecule has 2 aromatic heterocycles. The van der Waals surface area contributed by atoms with Crippen LogP contribution in [0.15, 0.2) is 30.7 Å². The average Bonchev–Trinajstić information content (AvgIpc) is 2.77. The van der Waals surface area contributed by atoms with Gasteiger partial charge in [-0.15, -0.1) is 0 Å². The van der Waals surface area contributed by atoms with E-state index in [4.69, 9.17) is 11.1 Å². The van der Waals surface area contributed by atoms with Gasteiger partial charge in [0.05, 0.1) is 6.54 Å². The van der Waals surface area contributed by atoms with E-state index in [1.807, 2.05) is 22.9 Å². The second-order valence-electron chi connectivity index (χ2n) is 3.75. The Morgan fingerprint density at radius 3 is 2.94 bits per heavy atom. The van der Waals surface area contributed by atoms with Gasteiger partial charge < -0.3 is 10.3 Å². The summed E-state index contributed by atoms with van der Waals surface area (Å²) in [5, 5.41) is 7.49. The molecule has 0 saturated carbocycles. The highest BCUT2D eigenvalue weighted by Crippen LogP contribution is 2.09. The lowest BCUT2D eigenvalue weighted by molar-refractivity contribution is 0.728. The lowest BCUT2D eigenvalue weighted by Crippen LogP contribution is -2.17. The Kier molecular flexibility index (Phi) is 3.18. The van der Waals surface area contributed by atoms with E-state index in [2.05, 4.69) is 16.9 Å². The summed E-state index contributed by atoms with van der Waals surface area (Å²) in [7, 11) is 0. The van der Waals surface area contributed by atoms with Gasteiger partial charge in [0.25, 0.3) is 0 Å². The van der Waals surface area contributed by atoms with E-state index in [0.29, 0.717) is 12.2 Å². The quantitative estimate of drug-likeness (QED) is 0.610. The monoisotopic (exact) mass is 229 g/mol. The molecule has 3 N–H and O–H groups in total. The fourth-order valence-electron chi connectivity index (χ4n) is 1.79. The fraction of sp³-hybridized carbons (Fsp3) is 0.250. The lowest BCUT2D eigenvalue weighted by Gasteiger charge is -2.09. The maximum absolute atomic E-state index is 7.49. The highest BCUT2D eigenvalue weighted by Gasteiger charge is 2.08. The van der Waals surface area contributed by atoms with Gasteiger partial charge in [-0.3, -0.25) is 10.4 Å². The first-order valence-corrected chi connectivity index (χ1v) is 5.50. The number of rotatable bonds is 4. The summed E-state index contributed by atoms with van der Waals surface area (Å²) in [5.74, 6) is 1.02. The van der Waals surface area contributed by atoms with Crippen molar-refractivity contribution in [2.45, 2.75) is 19.9 Å². The molecule has 0 unspecified atom stereocenters. The van der Waals surface area contributed by atoms with Crippen LogP contribution in [0.3, 0.4) is 0 Å². The molecule has 2 heterocycles. The Morgan fingerprint density at radius 1 is 1.41 bits per heavy atom. The molecule has 0 saturated heterocycles. The topological polar surface area (TPSA) is 80.6 Å². The first kappa shape index (κ1) is 11.3. The van der Waals surface area contributed by atoms with Crippen LogP contribution in [0, 0.1) is 5.41 Å². The van der Waals surface area contributed by atoms with Gasteiger partial charge in [0.2, 0.25) is 0 Å². The Morgan fingerprint density at radius 2 is 2.24 bits per heavy atom. The van der Waals surface area contributed by atoms with Crippen LogP contribution < -0.4 is 5.73 Å². The van der Waals surface area contributed by atoms with Crippen molar-refractivity contribution in [3.8, 4) is 0 Å². The molecule has 88 valence electrons. The molecular formula is C12H15N5. The van der Waals surface area contributed by atoms with Crippen LogP contribution in [0.25, 0.3) is 0 Å². The first-order chi connectivity index (χ1) is 8.22. The zero-order valence-electron chi connectivity index (χ0n) is 9.72. The van der Waals surface area contributed by atoms with Crippen LogP contribution in [0.2, 0.25) is 0 Å². The maximum atomic E-state index is 7.49. The SMILES string of the molecule is CCc1nccn1Cc1cccnc1C(=N)N. The number of amidine groups is 1. The largest absolute Gasteiger partial charge is 0.382 e. The van der Waals surface area contributed by atoms with Crippen LogP contribution in [-0.4, -0.2) is 20.4 Å². The number of aryl methyl sites for hydroxylation is 1. The van der Waals surface area contributed by atoms with Crippen molar-refractivity contribution in [1.82, 2.24) is 14.5 Å². The molecular weight excluding hydrogens is 214 g/mol. The van der Waals surface area contributed by atoms with Gasteiger partial charge in [-0.1, -0.05) is 13.0 Å². The molecule has 2 aromatic rings. The average molecular weight is 229 g/mol. The van der Waals surface area contributed by atoms with Gasteiger partial charge in [0.15, 0.2) is 0 Å². The molecule has 0 atom stereocenters. The molecule has 17 heavy (non-hydrogen) atoms. The van der Waals surface area contributed by atoms with Gasteiger partial charge in [0, 0.05) is 30.6 Å². The number of pyridine rings is 1. The minimum absolute atomic E-state index is 0.00114. The molecule has 0 aliphatic carbocycles. The Hall–Kier alpha value is -2.17. The number of nitrogen functional groups attached to an aromatic ring is 1. The molecule has 2 rings (SSSR count). The Bertz CT molecular complexity index is 529. The number of nitrogens with one attached hydrogen (secondary N) is 1. The normalized spacial score (nSPS) is 10.4. The van der Waals surface area contributed by atoms with Crippen molar-refractivity contribution in [2.24, 2.45) is 5.73 Å². The van der Waals surface area contributed by atoms with Crippen LogP contribution >= 0.6 is 0 Å². The van der Waals surface area contributed by atoms with Crippen molar-refractivity contribution in [3.05, 3.63) is 47.8 Å². The van der Waals surface area contributed by atoms with Crippen LogP contribution in [0.4, 0.5) is 0 Å².